The fourth-order valence-electron chi connectivity index (χ4n) is 1.51. The zero-order valence-electron chi connectivity index (χ0n) is 8.55. The highest BCUT2D eigenvalue weighted by Crippen LogP contribution is 2.17. The van der Waals surface area contributed by atoms with Crippen LogP contribution in [0, 0.1) is 0 Å². The Morgan fingerprint density at radius 3 is 3.00 bits per heavy atom. The Balaban J connectivity index is 2.11. The summed E-state index contributed by atoms with van der Waals surface area (Å²) in [4.78, 5) is 0. The summed E-state index contributed by atoms with van der Waals surface area (Å²) < 4.78 is 1.79. The van der Waals surface area contributed by atoms with Crippen LogP contribution in [0.3, 0.4) is 0 Å². The average Bonchev–Trinajstić information content (AvgIpc) is 2.85. The second kappa shape index (κ2) is 4.57. The number of hydrogen-bond acceptors (Lipinski definition) is 4. The van der Waals surface area contributed by atoms with Gasteiger partial charge in [0.25, 0.3) is 0 Å². The van der Waals surface area contributed by atoms with Crippen molar-refractivity contribution >= 4 is 11.3 Å². The molecule has 5 heteroatoms. The van der Waals surface area contributed by atoms with Crippen LogP contribution in [0.4, 0.5) is 0 Å². The predicted octanol–water partition coefficient (Wildman–Crippen LogP) is 1.23. The molecule has 80 valence electrons. The SMILES string of the molecule is Cn1ccc(C(Cc2ccsc2)NN)n1. The molecule has 0 amide bonds. The van der Waals surface area contributed by atoms with Gasteiger partial charge < -0.3 is 0 Å². The second-order valence-corrected chi connectivity index (χ2v) is 4.25. The molecule has 2 heterocycles. The number of aromatic nitrogens is 2. The summed E-state index contributed by atoms with van der Waals surface area (Å²) in [6.45, 7) is 0. The second-order valence-electron chi connectivity index (χ2n) is 3.47. The maximum atomic E-state index is 5.53. The van der Waals surface area contributed by atoms with Crippen molar-refractivity contribution in [1.29, 1.82) is 0 Å². The van der Waals surface area contributed by atoms with Gasteiger partial charge in [0.2, 0.25) is 0 Å². The molecule has 3 N–H and O–H groups in total. The molecule has 0 saturated carbocycles. The smallest absolute Gasteiger partial charge is 0.0810 e. The largest absolute Gasteiger partial charge is 0.275 e. The average molecular weight is 222 g/mol. The number of aryl methyl sites for hydroxylation is 1. The van der Waals surface area contributed by atoms with E-state index in [1.165, 1.54) is 5.56 Å². The standard InChI is InChI=1S/C10H14N4S/c1-14-4-2-9(13-14)10(12-11)6-8-3-5-15-7-8/h2-5,7,10,12H,6,11H2,1H3. The van der Waals surface area contributed by atoms with Gasteiger partial charge in [0.15, 0.2) is 0 Å². The molecule has 0 radical (unpaired) electrons. The van der Waals surface area contributed by atoms with Crippen LogP contribution in [0.1, 0.15) is 17.3 Å². The molecule has 0 aliphatic carbocycles. The van der Waals surface area contributed by atoms with E-state index in [-0.39, 0.29) is 6.04 Å². The maximum Gasteiger partial charge on any atom is 0.0810 e. The molecule has 1 atom stereocenters. The highest BCUT2D eigenvalue weighted by Gasteiger charge is 2.13. The first-order chi connectivity index (χ1) is 7.29. The minimum absolute atomic E-state index is 0.0841. The molecular weight excluding hydrogens is 208 g/mol. The lowest BCUT2D eigenvalue weighted by Gasteiger charge is -2.12. The van der Waals surface area contributed by atoms with Crippen molar-refractivity contribution in [3.63, 3.8) is 0 Å². The van der Waals surface area contributed by atoms with Gasteiger partial charge >= 0.3 is 0 Å². The molecular formula is C10H14N4S. The van der Waals surface area contributed by atoms with Gasteiger partial charge in [-0.3, -0.25) is 16.0 Å². The van der Waals surface area contributed by atoms with Crippen LogP contribution >= 0.6 is 11.3 Å². The molecule has 4 nitrogen and oxygen atoms in total. The van der Waals surface area contributed by atoms with Gasteiger partial charge in [0.1, 0.15) is 0 Å². The Morgan fingerprint density at radius 2 is 2.47 bits per heavy atom. The summed E-state index contributed by atoms with van der Waals surface area (Å²) in [7, 11) is 1.90. The number of thiophene rings is 1. The molecule has 0 aromatic carbocycles. The highest BCUT2D eigenvalue weighted by atomic mass is 32.1. The molecule has 0 fully saturated rings. The van der Waals surface area contributed by atoms with Gasteiger partial charge in [-0.25, -0.2) is 0 Å². The fraction of sp³-hybridized carbons (Fsp3) is 0.300. The number of hydrazine groups is 1. The lowest BCUT2D eigenvalue weighted by molar-refractivity contribution is 0.530. The first-order valence-electron chi connectivity index (χ1n) is 4.76. The first kappa shape index (κ1) is 10.4. The van der Waals surface area contributed by atoms with Crippen LogP contribution in [-0.2, 0) is 13.5 Å². The van der Waals surface area contributed by atoms with Crippen LogP contribution in [0.25, 0.3) is 0 Å². The summed E-state index contributed by atoms with van der Waals surface area (Å²) in [5.74, 6) is 5.53. The van der Waals surface area contributed by atoms with Gasteiger partial charge in [-0.05, 0) is 34.9 Å². The van der Waals surface area contributed by atoms with Gasteiger partial charge in [-0.1, -0.05) is 0 Å². The van der Waals surface area contributed by atoms with E-state index in [0.29, 0.717) is 0 Å². The summed E-state index contributed by atoms with van der Waals surface area (Å²) >= 11 is 1.70. The van der Waals surface area contributed by atoms with Crippen molar-refractivity contribution in [2.75, 3.05) is 0 Å². The highest BCUT2D eigenvalue weighted by molar-refractivity contribution is 7.07. The van der Waals surface area contributed by atoms with Gasteiger partial charge in [0.05, 0.1) is 11.7 Å². The monoisotopic (exact) mass is 222 g/mol. The van der Waals surface area contributed by atoms with Crippen LogP contribution in [-0.4, -0.2) is 9.78 Å². The summed E-state index contributed by atoms with van der Waals surface area (Å²) in [6, 6.07) is 4.18. The molecule has 15 heavy (non-hydrogen) atoms. The van der Waals surface area contributed by atoms with Crippen molar-refractivity contribution in [3.05, 3.63) is 40.3 Å². The van der Waals surface area contributed by atoms with E-state index in [1.54, 1.807) is 16.0 Å². The normalized spacial score (nSPS) is 12.9. The van der Waals surface area contributed by atoms with Gasteiger partial charge in [-0.2, -0.15) is 16.4 Å². The lowest BCUT2D eigenvalue weighted by atomic mass is 10.1. The van der Waals surface area contributed by atoms with Crippen LogP contribution in [0.15, 0.2) is 29.1 Å². The van der Waals surface area contributed by atoms with E-state index in [9.17, 15) is 0 Å². The molecule has 2 aromatic rings. The third kappa shape index (κ3) is 2.44. The quantitative estimate of drug-likeness (QED) is 0.604. The number of hydrogen-bond donors (Lipinski definition) is 2. The van der Waals surface area contributed by atoms with E-state index < -0.39 is 0 Å². The van der Waals surface area contributed by atoms with Crippen molar-refractivity contribution < 1.29 is 0 Å². The lowest BCUT2D eigenvalue weighted by Crippen LogP contribution is -2.29. The molecule has 0 bridgehead atoms. The molecule has 1 unspecified atom stereocenters. The molecule has 0 saturated heterocycles. The Hall–Kier alpha value is -1.17. The molecule has 2 aromatic heterocycles. The molecule has 0 spiro atoms. The third-order valence-corrected chi connectivity index (χ3v) is 3.04. The minimum Gasteiger partial charge on any atom is -0.275 e. The zero-order chi connectivity index (χ0) is 10.7. The molecule has 0 aliphatic heterocycles. The van der Waals surface area contributed by atoms with E-state index in [1.807, 2.05) is 19.3 Å². The number of nitrogens with one attached hydrogen (secondary N) is 1. The Labute approximate surface area is 92.7 Å². The number of rotatable bonds is 4. The van der Waals surface area contributed by atoms with Crippen LogP contribution in [0.5, 0.6) is 0 Å². The summed E-state index contributed by atoms with van der Waals surface area (Å²) in [5.41, 5.74) is 5.06. The molecule has 0 aliphatic rings. The number of nitrogens with zero attached hydrogens (tertiary/aromatic N) is 2. The van der Waals surface area contributed by atoms with Crippen molar-refractivity contribution in [3.8, 4) is 0 Å². The Kier molecular flexibility index (Phi) is 3.15. The van der Waals surface area contributed by atoms with E-state index >= 15 is 0 Å². The summed E-state index contributed by atoms with van der Waals surface area (Å²) in [6.07, 6.45) is 2.80. The third-order valence-electron chi connectivity index (χ3n) is 2.31. The van der Waals surface area contributed by atoms with Gasteiger partial charge in [0, 0.05) is 13.2 Å². The van der Waals surface area contributed by atoms with Crippen molar-refractivity contribution in [1.82, 2.24) is 15.2 Å². The first-order valence-corrected chi connectivity index (χ1v) is 5.70. The number of nitrogens with two attached hydrogens (primary N) is 1. The molecule has 2 rings (SSSR count). The fourth-order valence-corrected chi connectivity index (χ4v) is 2.19. The van der Waals surface area contributed by atoms with E-state index in [2.05, 4.69) is 27.4 Å². The Morgan fingerprint density at radius 1 is 1.60 bits per heavy atom. The van der Waals surface area contributed by atoms with E-state index in [4.69, 9.17) is 5.84 Å². The van der Waals surface area contributed by atoms with Gasteiger partial charge in [-0.15, -0.1) is 0 Å². The van der Waals surface area contributed by atoms with Crippen molar-refractivity contribution in [2.45, 2.75) is 12.5 Å². The van der Waals surface area contributed by atoms with E-state index in [0.717, 1.165) is 12.1 Å². The zero-order valence-corrected chi connectivity index (χ0v) is 9.37. The maximum absolute atomic E-state index is 5.53. The topological polar surface area (TPSA) is 55.9 Å². The predicted molar refractivity (Wildman–Crippen MR) is 61.3 cm³/mol. The van der Waals surface area contributed by atoms with Crippen LogP contribution in [0.2, 0.25) is 0 Å². The minimum atomic E-state index is 0.0841. The summed E-state index contributed by atoms with van der Waals surface area (Å²) in [5, 5.41) is 8.54. The van der Waals surface area contributed by atoms with Crippen LogP contribution < -0.4 is 11.3 Å². The van der Waals surface area contributed by atoms with Crippen molar-refractivity contribution in [2.24, 2.45) is 12.9 Å². The Bertz CT molecular complexity index is 407.